The number of rotatable bonds is 4. The Kier molecular flexibility index (Phi) is 4.67. The maximum atomic E-state index is 13.4. The summed E-state index contributed by atoms with van der Waals surface area (Å²) in [6.07, 6.45) is 4.61. The summed E-state index contributed by atoms with van der Waals surface area (Å²) >= 11 is 0. The summed E-state index contributed by atoms with van der Waals surface area (Å²) in [5.74, 6) is -1.93. The van der Waals surface area contributed by atoms with E-state index in [1.165, 1.54) is 12.1 Å². The van der Waals surface area contributed by atoms with E-state index in [0.717, 1.165) is 22.9 Å². The van der Waals surface area contributed by atoms with Crippen LogP contribution in [0.4, 0.5) is 14.5 Å². The number of hydrogen-bond donors (Lipinski definition) is 0. The second-order valence-corrected chi connectivity index (χ2v) is 6.71. The van der Waals surface area contributed by atoms with Gasteiger partial charge in [0.25, 0.3) is 0 Å². The minimum Gasteiger partial charge on any atom is -0.312 e. The fourth-order valence-electron chi connectivity index (χ4n) is 3.51. The predicted molar refractivity (Wildman–Crippen MR) is 100 cm³/mol. The smallest absolute Gasteiger partial charge is 0.230 e. The molecule has 1 fully saturated rings. The van der Waals surface area contributed by atoms with Gasteiger partial charge in [0.15, 0.2) is 11.6 Å². The van der Waals surface area contributed by atoms with E-state index in [2.05, 4.69) is 4.98 Å². The normalized spacial score (nSPS) is 16.7. The molecule has 0 bridgehead atoms. The van der Waals surface area contributed by atoms with Crippen LogP contribution >= 0.6 is 0 Å². The molecule has 1 unspecified atom stereocenters. The first kappa shape index (κ1) is 17.3. The highest BCUT2D eigenvalue weighted by Crippen LogP contribution is 2.29. The van der Waals surface area contributed by atoms with Crippen LogP contribution in [0, 0.1) is 17.6 Å². The minimum absolute atomic E-state index is 0.0244. The van der Waals surface area contributed by atoms with Gasteiger partial charge in [0, 0.05) is 30.5 Å². The van der Waals surface area contributed by atoms with Gasteiger partial charge in [-0.1, -0.05) is 18.2 Å². The Bertz CT molecular complexity index is 958. The van der Waals surface area contributed by atoms with Crippen molar-refractivity contribution in [3.05, 3.63) is 84.2 Å². The van der Waals surface area contributed by atoms with E-state index in [-0.39, 0.29) is 11.8 Å². The summed E-state index contributed by atoms with van der Waals surface area (Å²) in [6, 6.07) is 15.6. The topological polar surface area (TPSA) is 33.2 Å². The van der Waals surface area contributed by atoms with Gasteiger partial charge in [0.2, 0.25) is 5.91 Å². The van der Waals surface area contributed by atoms with E-state index in [9.17, 15) is 13.6 Å². The fraction of sp³-hybridized carbons (Fsp3) is 0.182. The molecule has 27 heavy (non-hydrogen) atoms. The molecule has 3 aromatic rings. The van der Waals surface area contributed by atoms with Gasteiger partial charge in [0.05, 0.1) is 0 Å². The number of hydrogen-bond acceptors (Lipinski definition) is 2. The molecule has 5 heteroatoms. The first-order valence-electron chi connectivity index (χ1n) is 8.87. The van der Waals surface area contributed by atoms with Crippen LogP contribution in [0.25, 0.3) is 11.1 Å². The van der Waals surface area contributed by atoms with Crippen LogP contribution in [-0.4, -0.2) is 17.4 Å². The number of carbonyl (C=O) groups excluding carboxylic acids is 1. The van der Waals surface area contributed by atoms with Crippen LogP contribution in [0.1, 0.15) is 12.0 Å². The highest BCUT2D eigenvalue weighted by atomic mass is 19.2. The van der Waals surface area contributed by atoms with E-state index in [1.54, 1.807) is 17.3 Å². The lowest BCUT2D eigenvalue weighted by atomic mass is 9.98. The molecule has 4 rings (SSSR count). The Morgan fingerprint density at radius 1 is 0.926 bits per heavy atom. The molecule has 1 aliphatic rings. The predicted octanol–water partition coefficient (Wildman–Crippen LogP) is 4.62. The van der Waals surface area contributed by atoms with Gasteiger partial charge in [-0.25, -0.2) is 8.78 Å². The number of benzene rings is 2. The quantitative estimate of drug-likeness (QED) is 0.677. The molecule has 0 radical (unpaired) electrons. The van der Waals surface area contributed by atoms with Gasteiger partial charge in [-0.2, -0.15) is 0 Å². The average Bonchev–Trinajstić information content (AvgIpc) is 3.06. The Morgan fingerprint density at radius 3 is 2.33 bits per heavy atom. The van der Waals surface area contributed by atoms with Gasteiger partial charge in [-0.15, -0.1) is 0 Å². The third kappa shape index (κ3) is 3.58. The standard InChI is InChI=1S/C22H18F2N2O/c23-20-6-1-15(14-21(20)24)13-18-9-12-26(22(18)27)19-4-2-16(3-5-19)17-7-10-25-11-8-17/h1-8,10-11,14,18H,9,12-13H2. The summed E-state index contributed by atoms with van der Waals surface area (Å²) in [5.41, 5.74) is 3.62. The summed E-state index contributed by atoms with van der Waals surface area (Å²) < 4.78 is 26.5. The maximum Gasteiger partial charge on any atom is 0.230 e. The number of aromatic nitrogens is 1. The Morgan fingerprint density at radius 2 is 1.63 bits per heavy atom. The van der Waals surface area contributed by atoms with Crippen molar-refractivity contribution in [1.29, 1.82) is 0 Å². The third-order valence-corrected chi connectivity index (χ3v) is 4.98. The van der Waals surface area contributed by atoms with E-state index in [1.807, 2.05) is 36.4 Å². The molecular formula is C22H18F2N2O. The van der Waals surface area contributed by atoms with Crippen LogP contribution < -0.4 is 4.90 Å². The fourth-order valence-corrected chi connectivity index (χ4v) is 3.51. The Hall–Kier alpha value is -3.08. The average molecular weight is 364 g/mol. The summed E-state index contributed by atoms with van der Waals surface area (Å²) in [7, 11) is 0. The molecule has 3 nitrogen and oxygen atoms in total. The SMILES string of the molecule is O=C1C(Cc2ccc(F)c(F)c2)CCN1c1ccc(-c2ccncc2)cc1. The van der Waals surface area contributed by atoms with Crippen molar-refractivity contribution < 1.29 is 13.6 Å². The highest BCUT2D eigenvalue weighted by Gasteiger charge is 2.32. The van der Waals surface area contributed by atoms with Crippen molar-refractivity contribution in [3.8, 4) is 11.1 Å². The van der Waals surface area contributed by atoms with Gasteiger partial charge in [-0.05, 0) is 65.9 Å². The van der Waals surface area contributed by atoms with Crippen molar-refractivity contribution in [2.45, 2.75) is 12.8 Å². The number of halogens is 2. The van der Waals surface area contributed by atoms with Crippen molar-refractivity contribution in [2.75, 3.05) is 11.4 Å². The largest absolute Gasteiger partial charge is 0.312 e. The Labute approximate surface area is 156 Å². The van der Waals surface area contributed by atoms with Crippen LogP contribution in [0.3, 0.4) is 0 Å². The van der Waals surface area contributed by atoms with E-state index < -0.39 is 11.6 Å². The third-order valence-electron chi connectivity index (χ3n) is 4.98. The lowest BCUT2D eigenvalue weighted by Crippen LogP contribution is -2.27. The van der Waals surface area contributed by atoms with Crippen molar-refractivity contribution in [3.63, 3.8) is 0 Å². The minimum atomic E-state index is -0.874. The zero-order chi connectivity index (χ0) is 18.8. The zero-order valence-corrected chi connectivity index (χ0v) is 14.6. The molecule has 0 spiro atoms. The molecule has 2 aromatic carbocycles. The van der Waals surface area contributed by atoms with Crippen LogP contribution in [-0.2, 0) is 11.2 Å². The lowest BCUT2D eigenvalue weighted by molar-refractivity contribution is -0.120. The van der Waals surface area contributed by atoms with Crippen LogP contribution in [0.2, 0.25) is 0 Å². The molecule has 0 aliphatic carbocycles. The number of anilines is 1. The van der Waals surface area contributed by atoms with Crippen molar-refractivity contribution >= 4 is 11.6 Å². The molecule has 1 aliphatic heterocycles. The number of pyridine rings is 1. The first-order chi connectivity index (χ1) is 13.1. The summed E-state index contributed by atoms with van der Waals surface area (Å²) in [5, 5.41) is 0. The van der Waals surface area contributed by atoms with Crippen LogP contribution in [0.15, 0.2) is 67.0 Å². The zero-order valence-electron chi connectivity index (χ0n) is 14.6. The summed E-state index contributed by atoms with van der Waals surface area (Å²) in [6.45, 7) is 0.627. The van der Waals surface area contributed by atoms with Crippen LogP contribution in [0.5, 0.6) is 0 Å². The van der Waals surface area contributed by atoms with E-state index in [0.29, 0.717) is 24.9 Å². The number of carbonyl (C=O) groups is 1. The second-order valence-electron chi connectivity index (χ2n) is 6.71. The molecule has 1 atom stereocenters. The molecule has 0 N–H and O–H groups in total. The van der Waals surface area contributed by atoms with E-state index >= 15 is 0 Å². The van der Waals surface area contributed by atoms with Gasteiger partial charge < -0.3 is 4.90 Å². The molecule has 0 saturated carbocycles. The molecule has 1 amide bonds. The number of amides is 1. The molecular weight excluding hydrogens is 346 g/mol. The lowest BCUT2D eigenvalue weighted by Gasteiger charge is -2.17. The molecule has 136 valence electrons. The van der Waals surface area contributed by atoms with Gasteiger partial charge in [-0.3, -0.25) is 9.78 Å². The monoisotopic (exact) mass is 364 g/mol. The van der Waals surface area contributed by atoms with Crippen molar-refractivity contribution in [2.24, 2.45) is 5.92 Å². The molecule has 1 saturated heterocycles. The second kappa shape index (κ2) is 7.27. The highest BCUT2D eigenvalue weighted by molar-refractivity contribution is 5.97. The molecule has 2 heterocycles. The first-order valence-corrected chi connectivity index (χ1v) is 8.87. The van der Waals surface area contributed by atoms with Gasteiger partial charge in [0.1, 0.15) is 0 Å². The Balaban J connectivity index is 1.47. The summed E-state index contributed by atoms with van der Waals surface area (Å²) in [4.78, 5) is 18.5. The van der Waals surface area contributed by atoms with E-state index in [4.69, 9.17) is 0 Å². The van der Waals surface area contributed by atoms with Crippen molar-refractivity contribution in [1.82, 2.24) is 4.98 Å². The van der Waals surface area contributed by atoms with Gasteiger partial charge >= 0.3 is 0 Å². The maximum absolute atomic E-state index is 13.4. The molecule has 1 aromatic heterocycles. The number of nitrogens with zero attached hydrogens (tertiary/aromatic N) is 2.